The number of carbonyl (C=O) groups excluding carboxylic acids is 1. The van der Waals surface area contributed by atoms with Gasteiger partial charge in [0.1, 0.15) is 5.54 Å². The van der Waals surface area contributed by atoms with Gasteiger partial charge in [0.05, 0.1) is 19.8 Å². The van der Waals surface area contributed by atoms with Crippen LogP contribution in [-0.4, -0.2) is 59.7 Å². The number of hydrogen-bond acceptors (Lipinski definition) is 5. The quantitative estimate of drug-likeness (QED) is 0.358. The van der Waals surface area contributed by atoms with Crippen LogP contribution in [0.4, 0.5) is 0 Å². The van der Waals surface area contributed by atoms with E-state index < -0.39 is 25.4 Å². The lowest BCUT2D eigenvalue weighted by atomic mass is 10.0. The van der Waals surface area contributed by atoms with Gasteiger partial charge in [0.2, 0.25) is 5.91 Å². The molecule has 0 aromatic heterocycles. The molecule has 1 saturated heterocycles. The maximum Gasteiger partial charge on any atom is 0.220 e. The number of nitrogens with one attached hydrogen (secondary N) is 2. The van der Waals surface area contributed by atoms with Gasteiger partial charge in [-0.1, -0.05) is 0 Å². The van der Waals surface area contributed by atoms with Gasteiger partial charge in [-0.25, -0.2) is 0 Å². The van der Waals surface area contributed by atoms with Gasteiger partial charge in [0.25, 0.3) is 0 Å². The van der Waals surface area contributed by atoms with E-state index in [1.165, 1.54) is 0 Å². The molecule has 1 rings (SSSR count). The third kappa shape index (κ3) is 3.41. The van der Waals surface area contributed by atoms with E-state index in [2.05, 4.69) is 10.6 Å². The molecule has 16 heavy (non-hydrogen) atoms. The largest absolute Gasteiger partial charge is 0.394 e. The van der Waals surface area contributed by atoms with Gasteiger partial charge in [-0.3, -0.25) is 4.79 Å². The van der Waals surface area contributed by atoms with Crippen LogP contribution < -0.4 is 10.6 Å². The van der Waals surface area contributed by atoms with Crippen LogP contribution in [0.2, 0.25) is 0 Å². The fourth-order valence-electron chi connectivity index (χ4n) is 1.77. The Hall–Kier alpha value is -0.690. The van der Waals surface area contributed by atoms with Crippen LogP contribution in [0.5, 0.6) is 0 Å². The van der Waals surface area contributed by atoms with Crippen molar-refractivity contribution in [3.8, 4) is 0 Å². The summed E-state index contributed by atoms with van der Waals surface area (Å²) >= 11 is 0. The Morgan fingerprint density at radius 2 is 1.94 bits per heavy atom. The lowest BCUT2D eigenvalue weighted by Crippen LogP contribution is -2.57. The van der Waals surface area contributed by atoms with Crippen LogP contribution in [0, 0.1) is 5.92 Å². The summed E-state index contributed by atoms with van der Waals surface area (Å²) in [6.07, 6.45) is 1.31. The number of carbonyl (C=O) groups is 1. The summed E-state index contributed by atoms with van der Waals surface area (Å²) in [5.41, 5.74) is -1.30. The molecule has 0 spiro atoms. The molecule has 1 fully saturated rings. The van der Waals surface area contributed by atoms with Crippen LogP contribution in [0.15, 0.2) is 0 Å². The van der Waals surface area contributed by atoms with E-state index >= 15 is 0 Å². The second-order valence-corrected chi connectivity index (χ2v) is 4.37. The summed E-state index contributed by atoms with van der Waals surface area (Å²) in [6.45, 7) is 0.304. The Balaban J connectivity index is 2.41. The van der Waals surface area contributed by atoms with Gasteiger partial charge in [-0.05, 0) is 25.4 Å². The molecule has 1 aliphatic heterocycles. The number of rotatable bonds is 6. The maximum atomic E-state index is 11.6. The molecule has 0 radical (unpaired) electrons. The summed E-state index contributed by atoms with van der Waals surface area (Å²) < 4.78 is 0. The van der Waals surface area contributed by atoms with E-state index in [-0.39, 0.29) is 5.91 Å². The average Bonchev–Trinajstić information content (AvgIpc) is 2.79. The second-order valence-electron chi connectivity index (χ2n) is 4.37. The third-order valence-corrected chi connectivity index (χ3v) is 2.95. The van der Waals surface area contributed by atoms with Crippen LogP contribution in [0.3, 0.4) is 0 Å². The number of hydrogen-bond donors (Lipinski definition) is 5. The van der Waals surface area contributed by atoms with Gasteiger partial charge in [0, 0.05) is 6.42 Å². The van der Waals surface area contributed by atoms with Crippen LogP contribution in [-0.2, 0) is 4.79 Å². The molecule has 6 nitrogen and oxygen atoms in total. The minimum Gasteiger partial charge on any atom is -0.394 e. The highest BCUT2D eigenvalue weighted by atomic mass is 16.3. The van der Waals surface area contributed by atoms with Gasteiger partial charge in [-0.15, -0.1) is 0 Å². The van der Waals surface area contributed by atoms with Gasteiger partial charge < -0.3 is 26.0 Å². The standard InChI is InChI=1S/C10H20N2O4/c13-5-10(6-14,7-15)12-9(16)3-8-1-2-11-4-8/h8,11,13-15H,1-7H2,(H,12,16). The Morgan fingerprint density at radius 1 is 1.31 bits per heavy atom. The zero-order valence-electron chi connectivity index (χ0n) is 9.28. The highest BCUT2D eigenvalue weighted by molar-refractivity contribution is 5.77. The summed E-state index contributed by atoms with van der Waals surface area (Å²) in [4.78, 5) is 11.6. The third-order valence-electron chi connectivity index (χ3n) is 2.95. The summed E-state index contributed by atoms with van der Waals surface area (Å²) in [6, 6.07) is 0. The van der Waals surface area contributed by atoms with Crippen molar-refractivity contribution >= 4 is 5.91 Å². The van der Waals surface area contributed by atoms with Gasteiger partial charge in [0.15, 0.2) is 0 Å². The number of aliphatic hydroxyl groups excluding tert-OH is 3. The van der Waals surface area contributed by atoms with Crippen molar-refractivity contribution in [2.24, 2.45) is 5.92 Å². The first-order valence-corrected chi connectivity index (χ1v) is 5.50. The topological polar surface area (TPSA) is 102 Å². The first-order chi connectivity index (χ1) is 7.65. The Bertz CT molecular complexity index is 217. The molecule has 94 valence electrons. The average molecular weight is 232 g/mol. The van der Waals surface area contributed by atoms with Crippen LogP contribution in [0.1, 0.15) is 12.8 Å². The number of aliphatic hydroxyl groups is 3. The van der Waals surface area contributed by atoms with Crippen molar-refractivity contribution in [2.75, 3.05) is 32.9 Å². The minimum atomic E-state index is -1.30. The molecule has 0 saturated carbocycles. The molecule has 1 atom stereocenters. The molecule has 1 unspecified atom stereocenters. The molecule has 5 N–H and O–H groups in total. The van der Waals surface area contributed by atoms with Crippen LogP contribution >= 0.6 is 0 Å². The normalized spacial score (nSPS) is 21.1. The first kappa shape index (κ1) is 13.4. The van der Waals surface area contributed by atoms with Crippen molar-refractivity contribution in [2.45, 2.75) is 18.4 Å². The van der Waals surface area contributed by atoms with Crippen molar-refractivity contribution < 1.29 is 20.1 Å². The predicted molar refractivity (Wildman–Crippen MR) is 57.7 cm³/mol. The van der Waals surface area contributed by atoms with Crippen LogP contribution in [0.25, 0.3) is 0 Å². The second kappa shape index (κ2) is 6.15. The van der Waals surface area contributed by atoms with Crippen molar-refractivity contribution in [3.63, 3.8) is 0 Å². The fraction of sp³-hybridized carbons (Fsp3) is 0.900. The van der Waals surface area contributed by atoms with Gasteiger partial charge >= 0.3 is 0 Å². The SMILES string of the molecule is O=C(CC1CCNC1)NC(CO)(CO)CO. The highest BCUT2D eigenvalue weighted by Crippen LogP contribution is 2.13. The Labute approximate surface area is 94.7 Å². The number of amides is 1. The molecule has 6 heteroatoms. The molecule has 1 amide bonds. The fourth-order valence-corrected chi connectivity index (χ4v) is 1.77. The molecule has 0 aromatic rings. The van der Waals surface area contributed by atoms with Crippen molar-refractivity contribution in [3.05, 3.63) is 0 Å². The van der Waals surface area contributed by atoms with Crippen molar-refractivity contribution in [1.29, 1.82) is 0 Å². The van der Waals surface area contributed by atoms with E-state index in [4.69, 9.17) is 15.3 Å². The molecule has 1 heterocycles. The summed E-state index contributed by atoms with van der Waals surface area (Å²) in [7, 11) is 0. The predicted octanol–water partition coefficient (Wildman–Crippen LogP) is -2.18. The van der Waals surface area contributed by atoms with E-state index in [0.29, 0.717) is 12.3 Å². The summed E-state index contributed by atoms with van der Waals surface area (Å²) in [5.74, 6) is 0.0552. The Kier molecular flexibility index (Phi) is 5.14. The highest BCUT2D eigenvalue weighted by Gasteiger charge is 2.30. The molecular formula is C10H20N2O4. The monoisotopic (exact) mass is 232 g/mol. The molecule has 0 aliphatic carbocycles. The maximum absolute atomic E-state index is 11.6. The van der Waals surface area contributed by atoms with E-state index in [1.807, 2.05) is 0 Å². The van der Waals surface area contributed by atoms with Crippen molar-refractivity contribution in [1.82, 2.24) is 10.6 Å². The first-order valence-electron chi connectivity index (χ1n) is 5.50. The van der Waals surface area contributed by atoms with E-state index in [1.54, 1.807) is 0 Å². The smallest absolute Gasteiger partial charge is 0.220 e. The zero-order valence-corrected chi connectivity index (χ0v) is 9.28. The summed E-state index contributed by atoms with van der Waals surface area (Å²) in [5, 5.41) is 32.8. The molecule has 0 bridgehead atoms. The lowest BCUT2D eigenvalue weighted by Gasteiger charge is -2.29. The van der Waals surface area contributed by atoms with E-state index in [9.17, 15) is 4.79 Å². The minimum absolute atomic E-state index is 0.245. The zero-order chi connectivity index (χ0) is 12.0. The molecule has 0 aromatic carbocycles. The van der Waals surface area contributed by atoms with Gasteiger partial charge in [-0.2, -0.15) is 0 Å². The Morgan fingerprint density at radius 3 is 2.38 bits per heavy atom. The van der Waals surface area contributed by atoms with E-state index in [0.717, 1.165) is 19.5 Å². The molecular weight excluding hydrogens is 212 g/mol. The molecule has 1 aliphatic rings. The lowest BCUT2D eigenvalue weighted by molar-refractivity contribution is -0.126.